The van der Waals surface area contributed by atoms with Gasteiger partial charge < -0.3 is 5.32 Å². The van der Waals surface area contributed by atoms with Gasteiger partial charge in [-0.1, -0.05) is 30.2 Å². The van der Waals surface area contributed by atoms with Crippen molar-refractivity contribution in [3.05, 3.63) is 23.8 Å². The number of thioether (sulfide) groups is 1. The van der Waals surface area contributed by atoms with Gasteiger partial charge in [-0.25, -0.2) is 4.98 Å². The van der Waals surface area contributed by atoms with Crippen LogP contribution in [0.2, 0.25) is 0 Å². The zero-order valence-electron chi connectivity index (χ0n) is 11.7. The van der Waals surface area contributed by atoms with Crippen LogP contribution in [0.3, 0.4) is 0 Å². The van der Waals surface area contributed by atoms with Crippen LogP contribution in [0, 0.1) is 6.92 Å². The molecule has 1 aromatic heterocycles. The van der Waals surface area contributed by atoms with Crippen LogP contribution >= 0.6 is 23.1 Å². The SMILES string of the molecule is CSCCCCCCNc1nc2ccc(C)cc2s1. The van der Waals surface area contributed by atoms with Crippen LogP contribution in [0.15, 0.2) is 18.2 Å². The van der Waals surface area contributed by atoms with Gasteiger partial charge in [0.15, 0.2) is 5.13 Å². The van der Waals surface area contributed by atoms with Gasteiger partial charge in [0.05, 0.1) is 10.2 Å². The maximum absolute atomic E-state index is 4.61. The number of benzene rings is 1. The minimum absolute atomic E-state index is 1.04. The summed E-state index contributed by atoms with van der Waals surface area (Å²) >= 11 is 3.70. The number of anilines is 1. The maximum atomic E-state index is 4.61. The highest BCUT2D eigenvalue weighted by Gasteiger charge is 2.02. The van der Waals surface area contributed by atoms with E-state index in [1.54, 1.807) is 11.3 Å². The fourth-order valence-electron chi connectivity index (χ4n) is 2.03. The maximum Gasteiger partial charge on any atom is 0.183 e. The third-order valence-corrected chi connectivity index (χ3v) is 4.77. The molecule has 1 N–H and O–H groups in total. The summed E-state index contributed by atoms with van der Waals surface area (Å²) in [5, 5.41) is 4.51. The Morgan fingerprint density at radius 3 is 2.89 bits per heavy atom. The van der Waals surface area contributed by atoms with E-state index in [9.17, 15) is 0 Å². The van der Waals surface area contributed by atoms with Crippen LogP contribution in [-0.2, 0) is 0 Å². The predicted octanol–water partition coefficient (Wildman–Crippen LogP) is 4.94. The Kier molecular flexibility index (Phi) is 5.98. The molecule has 2 aromatic rings. The van der Waals surface area contributed by atoms with Gasteiger partial charge in [0.2, 0.25) is 0 Å². The Morgan fingerprint density at radius 1 is 1.21 bits per heavy atom. The Hall–Kier alpha value is -0.740. The molecule has 1 aromatic carbocycles. The number of nitrogens with one attached hydrogen (secondary N) is 1. The molecule has 1 heterocycles. The molecule has 0 bridgehead atoms. The van der Waals surface area contributed by atoms with Crippen molar-refractivity contribution >= 4 is 38.4 Å². The fraction of sp³-hybridized carbons (Fsp3) is 0.533. The van der Waals surface area contributed by atoms with Crippen LogP contribution in [-0.4, -0.2) is 23.5 Å². The number of unbranched alkanes of at least 4 members (excludes halogenated alkanes) is 3. The second-order valence-corrected chi connectivity index (χ2v) is 6.84. The van der Waals surface area contributed by atoms with Crippen LogP contribution < -0.4 is 5.32 Å². The molecule has 4 heteroatoms. The minimum atomic E-state index is 1.04. The second-order valence-electron chi connectivity index (χ2n) is 4.82. The predicted molar refractivity (Wildman–Crippen MR) is 89.7 cm³/mol. The summed E-state index contributed by atoms with van der Waals surface area (Å²) in [6.07, 6.45) is 7.43. The molecule has 104 valence electrons. The van der Waals surface area contributed by atoms with Crippen LogP contribution in [0.1, 0.15) is 31.2 Å². The molecule has 19 heavy (non-hydrogen) atoms. The van der Waals surface area contributed by atoms with E-state index in [0.717, 1.165) is 17.2 Å². The Bertz CT molecular complexity index is 508. The molecule has 0 atom stereocenters. The molecule has 0 unspecified atom stereocenters. The van der Waals surface area contributed by atoms with Crippen molar-refractivity contribution < 1.29 is 0 Å². The molecule has 0 radical (unpaired) electrons. The number of fused-ring (bicyclic) bond motifs is 1. The molecule has 0 spiro atoms. The lowest BCUT2D eigenvalue weighted by molar-refractivity contribution is 0.689. The second kappa shape index (κ2) is 7.75. The molecule has 0 fully saturated rings. The zero-order valence-corrected chi connectivity index (χ0v) is 13.4. The lowest BCUT2D eigenvalue weighted by Gasteiger charge is -2.02. The third kappa shape index (κ3) is 4.69. The van der Waals surface area contributed by atoms with Crippen molar-refractivity contribution in [2.75, 3.05) is 23.9 Å². The highest BCUT2D eigenvalue weighted by molar-refractivity contribution is 7.98. The lowest BCUT2D eigenvalue weighted by atomic mass is 10.2. The average Bonchev–Trinajstić information content (AvgIpc) is 2.79. The van der Waals surface area contributed by atoms with E-state index in [4.69, 9.17) is 0 Å². The quantitative estimate of drug-likeness (QED) is 0.698. The smallest absolute Gasteiger partial charge is 0.183 e. The first-order valence-corrected chi connectivity index (χ1v) is 9.10. The highest BCUT2D eigenvalue weighted by atomic mass is 32.2. The van der Waals surface area contributed by atoms with E-state index in [1.807, 2.05) is 11.8 Å². The number of hydrogen-bond donors (Lipinski definition) is 1. The number of aromatic nitrogens is 1. The molecule has 2 nitrogen and oxygen atoms in total. The Labute approximate surface area is 124 Å². The summed E-state index contributed by atoms with van der Waals surface area (Å²) < 4.78 is 1.28. The largest absolute Gasteiger partial charge is 0.361 e. The third-order valence-electron chi connectivity index (χ3n) is 3.10. The van der Waals surface area contributed by atoms with Crippen LogP contribution in [0.25, 0.3) is 10.2 Å². The zero-order chi connectivity index (χ0) is 13.5. The van der Waals surface area contributed by atoms with Crippen LogP contribution in [0.5, 0.6) is 0 Å². The fourth-order valence-corrected chi connectivity index (χ4v) is 3.51. The van der Waals surface area contributed by atoms with Crippen molar-refractivity contribution in [1.82, 2.24) is 4.98 Å². The summed E-state index contributed by atoms with van der Waals surface area (Å²) in [6, 6.07) is 6.44. The van der Waals surface area contributed by atoms with Crippen molar-refractivity contribution in [3.63, 3.8) is 0 Å². The number of hydrogen-bond acceptors (Lipinski definition) is 4. The summed E-state index contributed by atoms with van der Waals surface area (Å²) in [4.78, 5) is 4.61. The van der Waals surface area contributed by atoms with Crippen molar-refractivity contribution in [3.8, 4) is 0 Å². The van der Waals surface area contributed by atoms with E-state index in [1.165, 1.54) is 41.7 Å². The first-order chi connectivity index (χ1) is 9.29. The summed E-state index contributed by atoms with van der Waals surface area (Å²) in [6.45, 7) is 3.17. The monoisotopic (exact) mass is 294 g/mol. The van der Waals surface area contributed by atoms with Crippen LogP contribution in [0.4, 0.5) is 5.13 Å². The van der Waals surface area contributed by atoms with Crippen molar-refractivity contribution in [1.29, 1.82) is 0 Å². The number of nitrogens with zero attached hydrogens (tertiary/aromatic N) is 1. The normalized spacial score (nSPS) is 11.1. The van der Waals surface area contributed by atoms with Gasteiger partial charge in [0.25, 0.3) is 0 Å². The highest BCUT2D eigenvalue weighted by Crippen LogP contribution is 2.26. The summed E-state index contributed by atoms with van der Waals surface area (Å²) in [7, 11) is 0. The molecular weight excluding hydrogens is 272 g/mol. The van der Waals surface area contributed by atoms with Gasteiger partial charge in [-0.2, -0.15) is 11.8 Å². The summed E-state index contributed by atoms with van der Waals surface area (Å²) in [5.41, 5.74) is 2.41. The van der Waals surface area contributed by atoms with Gasteiger partial charge in [-0.3, -0.25) is 0 Å². The Morgan fingerprint density at radius 2 is 2.05 bits per heavy atom. The van der Waals surface area contributed by atoms with Gasteiger partial charge in [0.1, 0.15) is 0 Å². The molecule has 0 saturated carbocycles. The number of rotatable bonds is 8. The van der Waals surface area contributed by atoms with E-state index in [-0.39, 0.29) is 0 Å². The molecule has 0 aliphatic carbocycles. The standard InChI is InChI=1S/C15H22N2S2/c1-12-7-8-13-14(11-12)19-15(17-13)16-9-5-3-4-6-10-18-2/h7-8,11H,3-6,9-10H2,1-2H3,(H,16,17). The van der Waals surface area contributed by atoms with Crippen molar-refractivity contribution in [2.24, 2.45) is 0 Å². The van der Waals surface area contributed by atoms with E-state index in [2.05, 4.69) is 41.7 Å². The molecule has 2 rings (SSSR count). The number of thiazole rings is 1. The molecule has 0 amide bonds. The van der Waals surface area contributed by atoms with Gasteiger partial charge in [-0.15, -0.1) is 0 Å². The van der Waals surface area contributed by atoms with E-state index in [0.29, 0.717) is 0 Å². The summed E-state index contributed by atoms with van der Waals surface area (Å²) in [5.74, 6) is 1.30. The average molecular weight is 294 g/mol. The van der Waals surface area contributed by atoms with Crippen molar-refractivity contribution in [2.45, 2.75) is 32.6 Å². The van der Waals surface area contributed by atoms with Gasteiger partial charge in [0, 0.05) is 6.54 Å². The van der Waals surface area contributed by atoms with Gasteiger partial charge >= 0.3 is 0 Å². The van der Waals surface area contributed by atoms with Gasteiger partial charge in [-0.05, 0) is 49.5 Å². The van der Waals surface area contributed by atoms with E-state index >= 15 is 0 Å². The van der Waals surface area contributed by atoms with E-state index < -0.39 is 0 Å². The molecular formula is C15H22N2S2. The first-order valence-electron chi connectivity index (χ1n) is 6.89. The lowest BCUT2D eigenvalue weighted by Crippen LogP contribution is -2.00. The molecule has 0 aliphatic rings. The first kappa shape index (κ1) is 14.7. The number of aryl methyl sites for hydroxylation is 1. The molecule has 0 saturated heterocycles. The molecule has 0 aliphatic heterocycles. The Balaban J connectivity index is 1.72. The minimum Gasteiger partial charge on any atom is -0.361 e. The topological polar surface area (TPSA) is 24.9 Å².